The van der Waals surface area contributed by atoms with Crippen molar-refractivity contribution in [1.82, 2.24) is 4.90 Å². The normalized spacial score (nSPS) is 17.7. The largest absolute Gasteiger partial charge is 0.417 e. The predicted molar refractivity (Wildman–Crippen MR) is 74.9 cm³/mol. The van der Waals surface area contributed by atoms with E-state index < -0.39 is 11.7 Å². The molecule has 0 saturated carbocycles. The number of benzene rings is 1. The summed E-state index contributed by atoms with van der Waals surface area (Å²) in [5.74, 6) is -0.108. The molecule has 0 atom stereocenters. The summed E-state index contributed by atoms with van der Waals surface area (Å²) in [6, 6.07) is 6.02. The first-order chi connectivity index (χ1) is 9.97. The molecular formula is C16H19F3N2. The molecular weight excluding hydrogens is 277 g/mol. The molecule has 1 fully saturated rings. The van der Waals surface area contributed by atoms with E-state index in [1.807, 2.05) is 0 Å². The van der Waals surface area contributed by atoms with Crippen LogP contribution in [0.2, 0.25) is 0 Å². The maximum Gasteiger partial charge on any atom is 0.417 e. The van der Waals surface area contributed by atoms with Crippen molar-refractivity contribution in [1.29, 1.82) is 5.26 Å². The van der Waals surface area contributed by atoms with Gasteiger partial charge in [0.25, 0.3) is 0 Å². The van der Waals surface area contributed by atoms with Crippen LogP contribution in [0, 0.1) is 11.3 Å². The Morgan fingerprint density at radius 3 is 2.48 bits per heavy atom. The fourth-order valence-corrected chi connectivity index (χ4v) is 3.10. The highest BCUT2D eigenvalue weighted by molar-refractivity contribution is 5.46. The van der Waals surface area contributed by atoms with E-state index in [1.54, 1.807) is 12.1 Å². The molecule has 0 unspecified atom stereocenters. The highest BCUT2D eigenvalue weighted by Crippen LogP contribution is 2.40. The Kier molecular flexibility index (Phi) is 4.89. The molecule has 0 spiro atoms. The Hall–Kier alpha value is -1.54. The molecule has 1 aromatic rings. The minimum atomic E-state index is -4.47. The molecule has 0 radical (unpaired) electrons. The van der Waals surface area contributed by atoms with E-state index in [-0.39, 0.29) is 17.0 Å². The predicted octanol–water partition coefficient (Wildman–Crippen LogP) is 4.17. The summed E-state index contributed by atoms with van der Waals surface area (Å²) in [6.07, 6.45) is -1.97. The van der Waals surface area contributed by atoms with E-state index >= 15 is 0 Å². The summed E-state index contributed by atoms with van der Waals surface area (Å²) in [6.45, 7) is 4.75. The minimum absolute atomic E-state index is 0.108. The third-order valence-corrected chi connectivity index (χ3v) is 4.07. The van der Waals surface area contributed by atoms with Crippen LogP contribution in [0.5, 0.6) is 0 Å². The van der Waals surface area contributed by atoms with Crippen molar-refractivity contribution in [3.63, 3.8) is 0 Å². The fraction of sp³-hybridized carbons (Fsp3) is 0.562. The number of alkyl halides is 3. The van der Waals surface area contributed by atoms with Gasteiger partial charge in [-0.3, -0.25) is 0 Å². The van der Waals surface area contributed by atoms with E-state index in [0.29, 0.717) is 0 Å². The standard InChI is InChI=1S/C16H19F3N2/c1-2-8-21-9-6-12(7-10-21)14-5-3-4-13(11-20)15(14)16(17,18)19/h3-5,12H,2,6-10H2,1H3. The van der Waals surface area contributed by atoms with Gasteiger partial charge in [-0.05, 0) is 56.4 Å². The number of likely N-dealkylation sites (tertiary alicyclic amines) is 1. The summed E-state index contributed by atoms with van der Waals surface area (Å²) >= 11 is 0. The Bertz CT molecular complexity index is 523. The topological polar surface area (TPSA) is 27.0 Å². The van der Waals surface area contributed by atoms with Gasteiger partial charge in [-0.1, -0.05) is 19.1 Å². The Labute approximate surface area is 123 Å². The second-order valence-corrected chi connectivity index (χ2v) is 5.50. The summed E-state index contributed by atoms with van der Waals surface area (Å²) in [5.41, 5.74) is -0.713. The first-order valence-electron chi connectivity index (χ1n) is 7.30. The fourth-order valence-electron chi connectivity index (χ4n) is 3.10. The number of halogens is 3. The van der Waals surface area contributed by atoms with Crippen molar-refractivity contribution in [2.45, 2.75) is 38.3 Å². The monoisotopic (exact) mass is 296 g/mol. The summed E-state index contributed by atoms with van der Waals surface area (Å²) in [7, 11) is 0. The van der Waals surface area contributed by atoms with Gasteiger partial charge in [-0.15, -0.1) is 0 Å². The van der Waals surface area contributed by atoms with Crippen LogP contribution >= 0.6 is 0 Å². The van der Waals surface area contributed by atoms with E-state index in [2.05, 4.69) is 11.8 Å². The maximum absolute atomic E-state index is 13.3. The summed E-state index contributed by atoms with van der Waals surface area (Å²) in [5, 5.41) is 8.96. The summed E-state index contributed by atoms with van der Waals surface area (Å²) < 4.78 is 39.9. The van der Waals surface area contributed by atoms with Gasteiger partial charge in [0.15, 0.2) is 0 Å². The Morgan fingerprint density at radius 2 is 1.95 bits per heavy atom. The average molecular weight is 296 g/mol. The van der Waals surface area contributed by atoms with Crippen LogP contribution in [0.25, 0.3) is 0 Å². The lowest BCUT2D eigenvalue weighted by molar-refractivity contribution is -0.138. The molecule has 5 heteroatoms. The van der Waals surface area contributed by atoms with Crippen molar-refractivity contribution in [2.24, 2.45) is 0 Å². The van der Waals surface area contributed by atoms with Crippen molar-refractivity contribution < 1.29 is 13.2 Å². The molecule has 0 bridgehead atoms. The lowest BCUT2D eigenvalue weighted by Gasteiger charge is -2.33. The molecule has 2 nitrogen and oxygen atoms in total. The van der Waals surface area contributed by atoms with Crippen LogP contribution < -0.4 is 0 Å². The van der Waals surface area contributed by atoms with Crippen LogP contribution in [0.1, 0.15) is 48.8 Å². The zero-order valence-electron chi connectivity index (χ0n) is 12.1. The van der Waals surface area contributed by atoms with E-state index in [0.717, 1.165) is 38.9 Å². The zero-order valence-corrected chi connectivity index (χ0v) is 12.1. The van der Waals surface area contributed by atoms with Crippen molar-refractivity contribution in [3.05, 3.63) is 34.9 Å². The number of hydrogen-bond acceptors (Lipinski definition) is 2. The zero-order chi connectivity index (χ0) is 15.5. The van der Waals surface area contributed by atoms with Gasteiger partial charge in [-0.25, -0.2) is 0 Å². The van der Waals surface area contributed by atoms with E-state index in [9.17, 15) is 13.2 Å². The number of nitrogens with zero attached hydrogens (tertiary/aromatic N) is 2. The molecule has 21 heavy (non-hydrogen) atoms. The van der Waals surface area contributed by atoms with Crippen LogP contribution in [0.4, 0.5) is 13.2 Å². The lowest BCUT2D eigenvalue weighted by atomic mass is 9.84. The first kappa shape index (κ1) is 15.8. The quantitative estimate of drug-likeness (QED) is 0.837. The van der Waals surface area contributed by atoms with Crippen LogP contribution in [-0.4, -0.2) is 24.5 Å². The SMILES string of the molecule is CCCN1CCC(c2cccc(C#N)c2C(F)(F)F)CC1. The van der Waals surface area contributed by atoms with Gasteiger partial charge in [0.05, 0.1) is 17.2 Å². The number of hydrogen-bond donors (Lipinski definition) is 0. The molecule has 0 N–H and O–H groups in total. The smallest absolute Gasteiger partial charge is 0.303 e. The number of piperidine rings is 1. The van der Waals surface area contributed by atoms with Crippen LogP contribution in [0.3, 0.4) is 0 Å². The third-order valence-electron chi connectivity index (χ3n) is 4.07. The third kappa shape index (κ3) is 3.56. The highest BCUT2D eigenvalue weighted by Gasteiger charge is 2.38. The second-order valence-electron chi connectivity index (χ2n) is 5.50. The summed E-state index contributed by atoms with van der Waals surface area (Å²) in [4.78, 5) is 2.29. The van der Waals surface area contributed by atoms with Crippen molar-refractivity contribution in [2.75, 3.05) is 19.6 Å². The molecule has 0 aliphatic carbocycles. The molecule has 2 rings (SSSR count). The molecule has 0 aromatic heterocycles. The van der Waals surface area contributed by atoms with E-state index in [4.69, 9.17) is 5.26 Å². The first-order valence-corrected chi connectivity index (χ1v) is 7.30. The van der Waals surface area contributed by atoms with Gasteiger partial charge in [0.2, 0.25) is 0 Å². The molecule has 1 heterocycles. The van der Waals surface area contributed by atoms with Crippen molar-refractivity contribution >= 4 is 0 Å². The Balaban J connectivity index is 2.27. The second kappa shape index (κ2) is 6.48. The molecule has 1 aliphatic rings. The van der Waals surface area contributed by atoms with E-state index in [1.165, 1.54) is 12.1 Å². The molecule has 1 aromatic carbocycles. The lowest BCUT2D eigenvalue weighted by Crippen LogP contribution is -2.34. The van der Waals surface area contributed by atoms with Gasteiger partial charge < -0.3 is 4.90 Å². The molecule has 114 valence electrons. The van der Waals surface area contributed by atoms with Crippen LogP contribution in [-0.2, 0) is 6.18 Å². The van der Waals surface area contributed by atoms with Gasteiger partial charge in [0, 0.05) is 0 Å². The Morgan fingerprint density at radius 1 is 1.29 bits per heavy atom. The van der Waals surface area contributed by atoms with Gasteiger partial charge in [0.1, 0.15) is 0 Å². The molecule has 0 amide bonds. The average Bonchev–Trinajstić information content (AvgIpc) is 2.46. The van der Waals surface area contributed by atoms with Gasteiger partial charge >= 0.3 is 6.18 Å². The minimum Gasteiger partial charge on any atom is -0.303 e. The van der Waals surface area contributed by atoms with Crippen LogP contribution in [0.15, 0.2) is 18.2 Å². The van der Waals surface area contributed by atoms with Gasteiger partial charge in [-0.2, -0.15) is 18.4 Å². The molecule has 1 aliphatic heterocycles. The highest BCUT2D eigenvalue weighted by atomic mass is 19.4. The molecule has 1 saturated heterocycles. The number of nitriles is 1. The van der Waals surface area contributed by atoms with Crippen molar-refractivity contribution in [3.8, 4) is 6.07 Å². The maximum atomic E-state index is 13.3. The number of rotatable bonds is 3.